The molecule has 6 heteroatoms. The van der Waals surface area contributed by atoms with E-state index in [1.54, 1.807) is 30.3 Å². The Hall–Kier alpha value is -1.59. The van der Waals surface area contributed by atoms with Gasteiger partial charge in [-0.2, -0.15) is 0 Å². The molecule has 1 atom stereocenters. The molecule has 0 heterocycles. The first-order valence-corrected chi connectivity index (χ1v) is 6.91. The van der Waals surface area contributed by atoms with Crippen LogP contribution >= 0.6 is 27.5 Å². The van der Waals surface area contributed by atoms with Gasteiger partial charge in [-0.15, -0.1) is 0 Å². The van der Waals surface area contributed by atoms with Gasteiger partial charge in [-0.1, -0.05) is 39.7 Å². The highest BCUT2D eigenvalue weighted by Crippen LogP contribution is 2.29. The number of hydrogen-bond donors (Lipinski definition) is 2. The first kappa shape index (κ1) is 14.8. The number of hydrogen-bond acceptors (Lipinski definition) is 2. The zero-order chi connectivity index (χ0) is 14.7. The molecule has 0 bridgehead atoms. The molecule has 0 aliphatic rings. The number of rotatable bonds is 4. The second-order valence-corrected chi connectivity index (χ2v) is 5.42. The molecule has 3 N–H and O–H groups in total. The highest BCUT2D eigenvalue weighted by atomic mass is 79.9. The van der Waals surface area contributed by atoms with Crippen LogP contribution in [-0.2, 0) is 4.79 Å². The van der Waals surface area contributed by atoms with Gasteiger partial charge in [-0.3, -0.25) is 4.79 Å². The average molecular weight is 358 g/mol. The number of anilines is 1. The molecule has 0 aliphatic heterocycles. The predicted octanol–water partition coefficient (Wildman–Crippen LogP) is 3.88. The Balaban J connectivity index is 2.40. The van der Waals surface area contributed by atoms with Crippen molar-refractivity contribution < 1.29 is 9.18 Å². The smallest absolute Gasteiger partial charge is 0.244 e. The summed E-state index contributed by atoms with van der Waals surface area (Å²) in [5.74, 6) is -1.09. The summed E-state index contributed by atoms with van der Waals surface area (Å²) in [6.45, 7) is 0. The van der Waals surface area contributed by atoms with E-state index in [0.717, 1.165) is 0 Å². The molecule has 0 spiro atoms. The molecule has 2 rings (SSSR count). The second-order valence-electron chi connectivity index (χ2n) is 4.13. The summed E-state index contributed by atoms with van der Waals surface area (Å²) in [5, 5.41) is 3.26. The van der Waals surface area contributed by atoms with Gasteiger partial charge in [-0.25, -0.2) is 4.39 Å². The summed E-state index contributed by atoms with van der Waals surface area (Å²) in [4.78, 5) is 11.7. The third-order valence-corrected chi connectivity index (χ3v) is 3.68. The molecular formula is C14H11BrClFN2O. The zero-order valence-corrected chi connectivity index (χ0v) is 12.6. The van der Waals surface area contributed by atoms with Gasteiger partial charge in [0, 0.05) is 9.50 Å². The third-order valence-electron chi connectivity index (χ3n) is 2.73. The fraction of sp³-hybridized carbons (Fsp3) is 0.0714. The summed E-state index contributed by atoms with van der Waals surface area (Å²) in [6.07, 6.45) is 0. The lowest BCUT2D eigenvalue weighted by atomic mass is 10.1. The number of amides is 1. The normalized spacial score (nSPS) is 11.9. The van der Waals surface area contributed by atoms with Crippen LogP contribution in [-0.4, -0.2) is 5.91 Å². The Labute approximate surface area is 129 Å². The SMILES string of the molecule is NC(=O)C(Nc1ccccc1F)c1cc(Cl)ccc1Br. The van der Waals surface area contributed by atoms with Crippen molar-refractivity contribution in [1.29, 1.82) is 0 Å². The molecule has 0 saturated carbocycles. The molecule has 0 aliphatic carbocycles. The number of primary amides is 1. The van der Waals surface area contributed by atoms with Crippen LogP contribution in [0.15, 0.2) is 46.9 Å². The van der Waals surface area contributed by atoms with Crippen molar-refractivity contribution in [1.82, 2.24) is 0 Å². The minimum absolute atomic E-state index is 0.197. The van der Waals surface area contributed by atoms with Gasteiger partial charge in [0.25, 0.3) is 0 Å². The van der Waals surface area contributed by atoms with Crippen LogP contribution in [0.5, 0.6) is 0 Å². The first-order valence-electron chi connectivity index (χ1n) is 5.74. The molecule has 0 fully saturated rings. The quantitative estimate of drug-likeness (QED) is 0.872. The van der Waals surface area contributed by atoms with Crippen LogP contribution in [0.3, 0.4) is 0 Å². The number of para-hydroxylation sites is 1. The average Bonchev–Trinajstić information content (AvgIpc) is 2.40. The van der Waals surface area contributed by atoms with Gasteiger partial charge >= 0.3 is 0 Å². The Morgan fingerprint density at radius 2 is 2.00 bits per heavy atom. The maximum Gasteiger partial charge on any atom is 0.244 e. The number of nitrogens with two attached hydrogens (primary N) is 1. The van der Waals surface area contributed by atoms with Gasteiger partial charge < -0.3 is 11.1 Å². The Kier molecular flexibility index (Phi) is 4.62. The summed E-state index contributed by atoms with van der Waals surface area (Å²) in [5.41, 5.74) is 6.14. The van der Waals surface area contributed by atoms with Crippen molar-refractivity contribution in [2.45, 2.75) is 6.04 Å². The topological polar surface area (TPSA) is 55.1 Å². The fourth-order valence-corrected chi connectivity index (χ4v) is 2.43. The van der Waals surface area contributed by atoms with E-state index in [4.69, 9.17) is 17.3 Å². The van der Waals surface area contributed by atoms with Crippen LogP contribution in [0, 0.1) is 5.82 Å². The summed E-state index contributed by atoms with van der Waals surface area (Å²) in [6, 6.07) is 10.2. The van der Waals surface area contributed by atoms with Gasteiger partial charge in [0.15, 0.2) is 0 Å². The van der Waals surface area contributed by atoms with Crippen LogP contribution in [0.2, 0.25) is 5.02 Å². The minimum Gasteiger partial charge on any atom is -0.368 e. The molecule has 104 valence electrons. The summed E-state index contributed by atoms with van der Waals surface area (Å²) in [7, 11) is 0. The highest BCUT2D eigenvalue weighted by molar-refractivity contribution is 9.10. The molecular weight excluding hydrogens is 347 g/mol. The molecule has 2 aromatic rings. The summed E-state index contributed by atoms with van der Waals surface area (Å²) < 4.78 is 14.3. The van der Waals surface area contributed by atoms with Crippen molar-refractivity contribution in [2.24, 2.45) is 5.73 Å². The molecule has 2 aromatic carbocycles. The monoisotopic (exact) mass is 356 g/mol. The van der Waals surface area contributed by atoms with E-state index in [-0.39, 0.29) is 5.69 Å². The van der Waals surface area contributed by atoms with Crippen LogP contribution in [0.25, 0.3) is 0 Å². The van der Waals surface area contributed by atoms with E-state index in [9.17, 15) is 9.18 Å². The van der Waals surface area contributed by atoms with Crippen molar-refractivity contribution in [3.05, 3.63) is 63.3 Å². The molecule has 20 heavy (non-hydrogen) atoms. The van der Waals surface area contributed by atoms with Crippen LogP contribution in [0.4, 0.5) is 10.1 Å². The lowest BCUT2D eigenvalue weighted by Crippen LogP contribution is -2.28. The van der Waals surface area contributed by atoms with E-state index in [0.29, 0.717) is 15.1 Å². The minimum atomic E-state index is -0.889. The van der Waals surface area contributed by atoms with E-state index in [1.807, 2.05) is 0 Å². The molecule has 0 saturated heterocycles. The van der Waals surface area contributed by atoms with Gasteiger partial charge in [0.05, 0.1) is 5.69 Å². The maximum atomic E-state index is 13.7. The number of halogens is 3. The molecule has 3 nitrogen and oxygen atoms in total. The fourth-order valence-electron chi connectivity index (χ4n) is 1.77. The van der Waals surface area contributed by atoms with E-state index >= 15 is 0 Å². The van der Waals surface area contributed by atoms with Gasteiger partial charge in [0.1, 0.15) is 11.9 Å². The largest absolute Gasteiger partial charge is 0.368 e. The van der Waals surface area contributed by atoms with E-state index in [1.165, 1.54) is 12.1 Å². The highest BCUT2D eigenvalue weighted by Gasteiger charge is 2.21. The number of carbonyl (C=O) groups is 1. The van der Waals surface area contributed by atoms with Crippen molar-refractivity contribution in [3.63, 3.8) is 0 Å². The zero-order valence-electron chi connectivity index (χ0n) is 10.2. The molecule has 1 unspecified atom stereocenters. The lowest BCUT2D eigenvalue weighted by Gasteiger charge is -2.19. The Bertz CT molecular complexity index is 651. The number of benzene rings is 2. The third kappa shape index (κ3) is 3.29. The van der Waals surface area contributed by atoms with E-state index < -0.39 is 17.8 Å². The standard InChI is InChI=1S/C14H11BrClFN2O/c15-10-6-5-8(16)7-9(10)13(14(18)20)19-12-4-2-1-3-11(12)17/h1-7,13,19H,(H2,18,20). The second kappa shape index (κ2) is 6.24. The Morgan fingerprint density at radius 3 is 2.65 bits per heavy atom. The van der Waals surface area contributed by atoms with Crippen molar-refractivity contribution in [2.75, 3.05) is 5.32 Å². The number of nitrogens with one attached hydrogen (secondary N) is 1. The van der Waals surface area contributed by atoms with Crippen LogP contribution < -0.4 is 11.1 Å². The molecule has 0 aromatic heterocycles. The molecule has 1 amide bonds. The lowest BCUT2D eigenvalue weighted by molar-refractivity contribution is -0.118. The Morgan fingerprint density at radius 1 is 1.30 bits per heavy atom. The van der Waals surface area contributed by atoms with Crippen molar-refractivity contribution in [3.8, 4) is 0 Å². The summed E-state index contributed by atoms with van der Waals surface area (Å²) >= 11 is 9.26. The maximum absolute atomic E-state index is 13.7. The first-order chi connectivity index (χ1) is 9.49. The van der Waals surface area contributed by atoms with Crippen molar-refractivity contribution >= 4 is 39.1 Å². The van der Waals surface area contributed by atoms with Gasteiger partial charge in [0.2, 0.25) is 5.91 Å². The predicted molar refractivity (Wildman–Crippen MR) is 81.1 cm³/mol. The molecule has 0 radical (unpaired) electrons. The van der Waals surface area contributed by atoms with E-state index in [2.05, 4.69) is 21.2 Å². The van der Waals surface area contributed by atoms with Gasteiger partial charge in [-0.05, 0) is 35.9 Å². The van der Waals surface area contributed by atoms with Crippen LogP contribution in [0.1, 0.15) is 11.6 Å². The number of carbonyl (C=O) groups excluding carboxylic acids is 1.